The summed E-state index contributed by atoms with van der Waals surface area (Å²) in [6, 6.07) is 11.4. The van der Waals surface area contributed by atoms with E-state index >= 15 is 0 Å². The first-order valence-electron chi connectivity index (χ1n) is 10.2. The number of nitrogens with two attached hydrogens (primary N) is 1. The molecule has 4 rings (SSSR count). The summed E-state index contributed by atoms with van der Waals surface area (Å²) in [6.07, 6.45) is 4.91. The summed E-state index contributed by atoms with van der Waals surface area (Å²) >= 11 is 5.47. The maximum atomic E-state index is 11.4. The van der Waals surface area contributed by atoms with Crippen LogP contribution in [0.4, 0.5) is 5.69 Å². The maximum Gasteiger partial charge on any atom is 0.238 e. The van der Waals surface area contributed by atoms with E-state index in [0.717, 1.165) is 30.6 Å². The lowest BCUT2D eigenvalue weighted by Crippen LogP contribution is -2.41. The number of hydrogen-bond acceptors (Lipinski definition) is 5. The van der Waals surface area contributed by atoms with Crippen LogP contribution in [0.5, 0.6) is 0 Å². The molecule has 2 fully saturated rings. The second kappa shape index (κ2) is 9.06. The molecule has 0 radical (unpaired) electrons. The Labute approximate surface area is 186 Å². The van der Waals surface area contributed by atoms with E-state index in [-0.39, 0.29) is 4.90 Å². The molecular formula is C21H28BrN3O2S2. The fourth-order valence-corrected chi connectivity index (χ4v) is 6.64. The molecule has 0 atom stereocenters. The lowest BCUT2D eigenvalue weighted by atomic mass is 9.92. The van der Waals surface area contributed by atoms with E-state index in [2.05, 4.69) is 37.9 Å². The SMILES string of the molecule is NS(=O)(=O)c1ccc(N2CCC(CN3CCC(c4ccc(Br)s4)CC3)CC2)cc1. The minimum absolute atomic E-state index is 0.175. The van der Waals surface area contributed by atoms with Crippen molar-refractivity contribution in [3.05, 3.63) is 45.1 Å². The fourth-order valence-electron chi connectivity index (χ4n) is 4.53. The highest BCUT2D eigenvalue weighted by molar-refractivity contribution is 9.11. The predicted octanol–water partition coefficient (Wildman–Crippen LogP) is 4.25. The molecule has 0 amide bonds. The molecule has 0 aliphatic carbocycles. The topological polar surface area (TPSA) is 66.6 Å². The third-order valence-corrected chi connectivity index (χ3v) is 8.96. The standard InChI is InChI=1S/C21H28BrN3O2S2/c22-21-6-5-20(28-21)17-9-11-24(12-10-17)15-16-7-13-25(14-8-16)18-1-3-19(4-2-18)29(23,26)27/h1-6,16-17H,7-15H2,(H2,23,26,27). The highest BCUT2D eigenvalue weighted by Crippen LogP contribution is 2.35. The van der Waals surface area contributed by atoms with Crippen molar-refractivity contribution >= 4 is 43.0 Å². The van der Waals surface area contributed by atoms with Gasteiger partial charge in [-0.1, -0.05) is 0 Å². The van der Waals surface area contributed by atoms with Crippen LogP contribution < -0.4 is 10.0 Å². The molecular weight excluding hydrogens is 470 g/mol. The molecule has 0 bridgehead atoms. The molecule has 0 spiro atoms. The van der Waals surface area contributed by atoms with Gasteiger partial charge < -0.3 is 9.80 Å². The number of piperidine rings is 2. The molecule has 2 N–H and O–H groups in total. The molecule has 0 unspecified atom stereocenters. The fraction of sp³-hybridized carbons (Fsp3) is 0.524. The van der Waals surface area contributed by atoms with Crippen molar-refractivity contribution < 1.29 is 8.42 Å². The van der Waals surface area contributed by atoms with Crippen molar-refractivity contribution in [2.45, 2.75) is 36.5 Å². The van der Waals surface area contributed by atoms with Gasteiger partial charge in [-0.25, -0.2) is 13.6 Å². The number of benzene rings is 1. The number of thiophene rings is 1. The van der Waals surface area contributed by atoms with Gasteiger partial charge in [0.15, 0.2) is 0 Å². The zero-order valence-electron chi connectivity index (χ0n) is 16.5. The van der Waals surface area contributed by atoms with Crippen LogP contribution in [0.2, 0.25) is 0 Å². The van der Waals surface area contributed by atoms with Crippen molar-refractivity contribution in [1.29, 1.82) is 0 Å². The van der Waals surface area contributed by atoms with Gasteiger partial charge >= 0.3 is 0 Å². The molecule has 5 nitrogen and oxygen atoms in total. The normalized spacial score (nSPS) is 20.3. The van der Waals surface area contributed by atoms with Crippen LogP contribution in [0.25, 0.3) is 0 Å². The van der Waals surface area contributed by atoms with Crippen molar-refractivity contribution in [2.75, 3.05) is 37.6 Å². The number of primary sulfonamides is 1. The van der Waals surface area contributed by atoms with Gasteiger partial charge in [0.2, 0.25) is 10.0 Å². The van der Waals surface area contributed by atoms with Crippen molar-refractivity contribution in [3.8, 4) is 0 Å². The summed E-state index contributed by atoms with van der Waals surface area (Å²) in [7, 11) is -3.62. The molecule has 1 aromatic carbocycles. The first-order valence-corrected chi connectivity index (χ1v) is 13.4. The Kier molecular flexibility index (Phi) is 6.65. The van der Waals surface area contributed by atoms with Crippen LogP contribution in [0.1, 0.15) is 36.5 Å². The molecule has 0 saturated carbocycles. The number of anilines is 1. The van der Waals surface area contributed by atoms with E-state index in [9.17, 15) is 8.42 Å². The summed E-state index contributed by atoms with van der Waals surface area (Å²) < 4.78 is 24.1. The number of hydrogen-bond donors (Lipinski definition) is 1. The zero-order chi connectivity index (χ0) is 20.4. The molecule has 29 heavy (non-hydrogen) atoms. The van der Waals surface area contributed by atoms with Crippen LogP contribution >= 0.6 is 27.3 Å². The van der Waals surface area contributed by atoms with E-state index in [1.54, 1.807) is 12.1 Å². The minimum Gasteiger partial charge on any atom is -0.372 e. The van der Waals surface area contributed by atoms with Crippen LogP contribution in [0.15, 0.2) is 45.1 Å². The minimum atomic E-state index is -3.62. The third kappa shape index (κ3) is 5.41. The first-order chi connectivity index (χ1) is 13.9. The summed E-state index contributed by atoms with van der Waals surface area (Å²) in [4.78, 5) is 6.71. The van der Waals surface area contributed by atoms with Gasteiger partial charge in [0, 0.05) is 30.2 Å². The Morgan fingerprint density at radius 1 is 0.966 bits per heavy atom. The van der Waals surface area contributed by atoms with Crippen molar-refractivity contribution in [3.63, 3.8) is 0 Å². The van der Waals surface area contributed by atoms with Crippen molar-refractivity contribution in [2.24, 2.45) is 11.1 Å². The number of rotatable bonds is 5. The van der Waals surface area contributed by atoms with Crippen LogP contribution in [0, 0.1) is 5.92 Å². The van der Waals surface area contributed by atoms with Crippen molar-refractivity contribution in [1.82, 2.24) is 4.90 Å². The van der Waals surface area contributed by atoms with E-state index < -0.39 is 10.0 Å². The van der Waals surface area contributed by atoms with E-state index in [0.29, 0.717) is 0 Å². The Hall–Kier alpha value is -0.930. The van der Waals surface area contributed by atoms with Gasteiger partial charge in [-0.3, -0.25) is 0 Å². The number of nitrogens with zero attached hydrogens (tertiary/aromatic N) is 2. The molecule has 8 heteroatoms. The first kappa shape index (κ1) is 21.3. The van der Waals surface area contributed by atoms with E-state index in [1.165, 1.54) is 54.0 Å². The summed E-state index contributed by atoms with van der Waals surface area (Å²) in [5, 5.41) is 5.19. The number of halogens is 1. The Morgan fingerprint density at radius 3 is 2.17 bits per heavy atom. The predicted molar refractivity (Wildman–Crippen MR) is 123 cm³/mol. The highest BCUT2D eigenvalue weighted by atomic mass is 79.9. The zero-order valence-corrected chi connectivity index (χ0v) is 19.7. The number of sulfonamides is 1. The molecule has 2 saturated heterocycles. The Morgan fingerprint density at radius 2 is 1.62 bits per heavy atom. The van der Waals surface area contributed by atoms with Crippen LogP contribution in [0.3, 0.4) is 0 Å². The lowest BCUT2D eigenvalue weighted by molar-refractivity contribution is 0.171. The van der Waals surface area contributed by atoms with E-state index in [4.69, 9.17) is 5.14 Å². The third-order valence-electron chi connectivity index (χ3n) is 6.25. The van der Waals surface area contributed by atoms with Crippen LogP contribution in [-0.2, 0) is 10.0 Å². The van der Waals surface area contributed by atoms with Gasteiger partial charge in [0.1, 0.15) is 0 Å². The molecule has 2 aliphatic heterocycles. The molecule has 1 aromatic heterocycles. The average molecular weight is 499 g/mol. The second-order valence-electron chi connectivity index (χ2n) is 8.19. The van der Waals surface area contributed by atoms with Gasteiger partial charge in [-0.15, -0.1) is 11.3 Å². The van der Waals surface area contributed by atoms with Gasteiger partial charge in [-0.05, 0) is 103 Å². The monoisotopic (exact) mass is 497 g/mol. The Balaban J connectivity index is 1.23. The van der Waals surface area contributed by atoms with Crippen LogP contribution in [-0.4, -0.2) is 46.0 Å². The second-order valence-corrected chi connectivity index (χ2v) is 12.2. The highest BCUT2D eigenvalue weighted by Gasteiger charge is 2.26. The largest absolute Gasteiger partial charge is 0.372 e. The average Bonchev–Trinajstić information content (AvgIpc) is 3.15. The molecule has 3 heterocycles. The Bertz CT molecular complexity index is 914. The smallest absolute Gasteiger partial charge is 0.238 e. The number of likely N-dealkylation sites (tertiary alicyclic amines) is 1. The summed E-state index contributed by atoms with van der Waals surface area (Å²) in [5.74, 6) is 1.48. The maximum absolute atomic E-state index is 11.4. The van der Waals surface area contributed by atoms with Gasteiger partial charge in [0.05, 0.1) is 8.68 Å². The molecule has 2 aliphatic rings. The molecule has 158 valence electrons. The molecule has 2 aromatic rings. The van der Waals surface area contributed by atoms with Gasteiger partial charge in [0.25, 0.3) is 0 Å². The summed E-state index contributed by atoms with van der Waals surface area (Å²) in [6.45, 7) is 5.67. The van der Waals surface area contributed by atoms with E-state index in [1.807, 2.05) is 23.5 Å². The lowest BCUT2D eigenvalue weighted by Gasteiger charge is -2.38. The summed E-state index contributed by atoms with van der Waals surface area (Å²) in [5.41, 5.74) is 1.08. The quantitative estimate of drug-likeness (QED) is 0.670. The van der Waals surface area contributed by atoms with Gasteiger partial charge in [-0.2, -0.15) is 0 Å².